The Balaban J connectivity index is 1.31. The number of pyridine rings is 2. The third-order valence-electron chi connectivity index (χ3n) is 6.36. The molecule has 1 fully saturated rings. The molecule has 4 rings (SSSR count). The highest BCUT2D eigenvalue weighted by Gasteiger charge is 2.23. The summed E-state index contributed by atoms with van der Waals surface area (Å²) in [5.41, 5.74) is 4.74. The molecular weight excluding hydrogens is 386 g/mol. The van der Waals surface area contributed by atoms with Crippen LogP contribution in [0.3, 0.4) is 0 Å². The first-order valence-corrected chi connectivity index (χ1v) is 11.3. The number of nitrogens with one attached hydrogen (secondary N) is 1. The third-order valence-corrected chi connectivity index (χ3v) is 6.36. The topological polar surface area (TPSA) is 64.9 Å². The zero-order valence-corrected chi connectivity index (χ0v) is 19.0. The Labute approximate surface area is 185 Å². The average Bonchev–Trinajstić information content (AvgIpc) is 3.29. The number of ether oxygens (including phenoxy) is 1. The molecular formula is C25H33N5O. The fourth-order valence-electron chi connectivity index (χ4n) is 4.45. The molecule has 31 heavy (non-hydrogen) atoms. The van der Waals surface area contributed by atoms with Crippen LogP contribution in [0.25, 0.3) is 11.1 Å². The number of rotatable bonds is 7. The number of nitrogens with zero attached hydrogens (tertiary/aromatic N) is 4. The molecule has 0 spiro atoms. The normalized spacial score (nSPS) is 18.9. The van der Waals surface area contributed by atoms with E-state index in [1.807, 2.05) is 29.3 Å². The number of hydrogen-bond acceptors (Lipinski definition) is 5. The molecule has 164 valence electrons. The SMILES string of the molecule is COc1ncc(C2CCC(CNc3cc(-c4cnn(C(C)C)c4)ccn3)CC2)cc1C. The summed E-state index contributed by atoms with van der Waals surface area (Å²) in [4.78, 5) is 8.98. The first-order chi connectivity index (χ1) is 15.0. The van der Waals surface area contributed by atoms with Gasteiger partial charge in [0.1, 0.15) is 5.82 Å². The fourth-order valence-corrected chi connectivity index (χ4v) is 4.45. The zero-order chi connectivity index (χ0) is 21.8. The number of aromatic nitrogens is 4. The summed E-state index contributed by atoms with van der Waals surface area (Å²) in [6, 6.07) is 6.77. The highest BCUT2D eigenvalue weighted by molar-refractivity contribution is 5.64. The molecule has 1 saturated carbocycles. The van der Waals surface area contributed by atoms with Crippen molar-refractivity contribution in [2.45, 2.75) is 58.4 Å². The maximum atomic E-state index is 5.30. The van der Waals surface area contributed by atoms with E-state index in [-0.39, 0.29) is 0 Å². The Morgan fingerprint density at radius 1 is 1.10 bits per heavy atom. The standard InChI is InChI=1S/C25H33N5O/c1-17(2)30-16-23(15-29-30)21-9-10-26-24(12-21)27-13-19-5-7-20(8-6-19)22-11-18(3)25(31-4)28-14-22/h9-12,14-17,19-20H,5-8,13H2,1-4H3,(H,26,27). The van der Waals surface area contributed by atoms with Crippen molar-refractivity contribution < 1.29 is 4.74 Å². The summed E-state index contributed by atoms with van der Waals surface area (Å²) in [7, 11) is 1.68. The summed E-state index contributed by atoms with van der Waals surface area (Å²) in [5, 5.41) is 8.02. The van der Waals surface area contributed by atoms with Crippen LogP contribution in [0, 0.1) is 12.8 Å². The van der Waals surface area contributed by atoms with Gasteiger partial charge in [-0.15, -0.1) is 0 Å². The molecule has 1 aliphatic carbocycles. The lowest BCUT2D eigenvalue weighted by Gasteiger charge is -2.29. The van der Waals surface area contributed by atoms with E-state index >= 15 is 0 Å². The van der Waals surface area contributed by atoms with Gasteiger partial charge in [-0.05, 0) is 87.6 Å². The van der Waals surface area contributed by atoms with E-state index in [1.165, 1.54) is 31.2 Å². The molecule has 6 heteroatoms. The van der Waals surface area contributed by atoms with Crippen molar-refractivity contribution in [1.29, 1.82) is 0 Å². The molecule has 0 saturated heterocycles. The molecule has 1 N–H and O–H groups in total. The van der Waals surface area contributed by atoms with Crippen molar-refractivity contribution in [3.05, 3.63) is 54.1 Å². The van der Waals surface area contributed by atoms with Gasteiger partial charge < -0.3 is 10.1 Å². The second kappa shape index (κ2) is 9.50. The van der Waals surface area contributed by atoms with Crippen molar-refractivity contribution in [2.75, 3.05) is 19.0 Å². The highest BCUT2D eigenvalue weighted by atomic mass is 16.5. The fraction of sp³-hybridized carbons (Fsp3) is 0.480. The van der Waals surface area contributed by atoms with Crippen molar-refractivity contribution in [3.63, 3.8) is 0 Å². The van der Waals surface area contributed by atoms with Gasteiger partial charge in [-0.25, -0.2) is 9.97 Å². The molecule has 0 radical (unpaired) electrons. The molecule has 0 aliphatic heterocycles. The molecule has 3 heterocycles. The first kappa shape index (κ1) is 21.3. The lowest BCUT2D eigenvalue weighted by atomic mass is 9.79. The van der Waals surface area contributed by atoms with Gasteiger partial charge in [0, 0.05) is 42.3 Å². The van der Waals surface area contributed by atoms with Crippen LogP contribution in [0.5, 0.6) is 5.88 Å². The van der Waals surface area contributed by atoms with Gasteiger partial charge in [-0.2, -0.15) is 5.10 Å². The summed E-state index contributed by atoms with van der Waals surface area (Å²) < 4.78 is 7.28. The molecule has 6 nitrogen and oxygen atoms in total. The molecule has 0 unspecified atom stereocenters. The van der Waals surface area contributed by atoms with Gasteiger partial charge in [0.2, 0.25) is 5.88 Å². The summed E-state index contributed by atoms with van der Waals surface area (Å²) in [6.45, 7) is 7.31. The smallest absolute Gasteiger partial charge is 0.215 e. The quantitative estimate of drug-likeness (QED) is 0.538. The van der Waals surface area contributed by atoms with Crippen LogP contribution >= 0.6 is 0 Å². The maximum Gasteiger partial charge on any atom is 0.215 e. The predicted octanol–water partition coefficient (Wildman–Crippen LogP) is 5.62. The van der Waals surface area contributed by atoms with Gasteiger partial charge in [0.15, 0.2) is 0 Å². The van der Waals surface area contributed by atoms with Gasteiger partial charge >= 0.3 is 0 Å². The molecule has 0 atom stereocenters. The number of hydrogen-bond donors (Lipinski definition) is 1. The monoisotopic (exact) mass is 419 g/mol. The van der Waals surface area contributed by atoms with E-state index < -0.39 is 0 Å². The molecule has 0 aromatic carbocycles. The molecule has 1 aliphatic rings. The van der Waals surface area contributed by atoms with Crippen molar-refractivity contribution >= 4 is 5.82 Å². The van der Waals surface area contributed by atoms with E-state index in [0.29, 0.717) is 17.9 Å². The van der Waals surface area contributed by atoms with Gasteiger partial charge in [0.25, 0.3) is 0 Å². The number of aryl methyl sites for hydroxylation is 1. The van der Waals surface area contributed by atoms with Crippen LogP contribution in [0.4, 0.5) is 5.82 Å². The lowest BCUT2D eigenvalue weighted by Crippen LogP contribution is -2.21. The Bertz CT molecular complexity index is 1000. The summed E-state index contributed by atoms with van der Waals surface area (Å²) in [6.07, 6.45) is 12.8. The molecule has 0 amide bonds. The second-order valence-corrected chi connectivity index (χ2v) is 8.93. The zero-order valence-electron chi connectivity index (χ0n) is 19.0. The van der Waals surface area contributed by atoms with Crippen LogP contribution in [0.1, 0.15) is 62.6 Å². The summed E-state index contributed by atoms with van der Waals surface area (Å²) >= 11 is 0. The van der Waals surface area contributed by atoms with E-state index in [0.717, 1.165) is 34.9 Å². The third kappa shape index (κ3) is 5.06. The largest absolute Gasteiger partial charge is 0.481 e. The van der Waals surface area contributed by atoms with Crippen molar-refractivity contribution in [3.8, 4) is 17.0 Å². The minimum absolute atomic E-state index is 0.362. The average molecular weight is 420 g/mol. The van der Waals surface area contributed by atoms with Gasteiger partial charge in [0.05, 0.1) is 13.3 Å². The highest BCUT2D eigenvalue weighted by Crippen LogP contribution is 2.36. The Morgan fingerprint density at radius 2 is 1.90 bits per heavy atom. The van der Waals surface area contributed by atoms with Gasteiger partial charge in [-0.1, -0.05) is 0 Å². The van der Waals surface area contributed by atoms with Crippen molar-refractivity contribution in [2.24, 2.45) is 5.92 Å². The second-order valence-electron chi connectivity index (χ2n) is 8.93. The minimum atomic E-state index is 0.362. The Kier molecular flexibility index (Phi) is 6.54. The summed E-state index contributed by atoms with van der Waals surface area (Å²) in [5.74, 6) is 2.95. The predicted molar refractivity (Wildman–Crippen MR) is 125 cm³/mol. The minimum Gasteiger partial charge on any atom is -0.481 e. The van der Waals surface area contributed by atoms with Crippen LogP contribution in [-0.4, -0.2) is 33.4 Å². The lowest BCUT2D eigenvalue weighted by molar-refractivity contribution is 0.337. The van der Waals surface area contributed by atoms with E-state index in [1.54, 1.807) is 7.11 Å². The van der Waals surface area contributed by atoms with Crippen LogP contribution in [-0.2, 0) is 0 Å². The first-order valence-electron chi connectivity index (χ1n) is 11.3. The maximum absolute atomic E-state index is 5.30. The molecule has 0 bridgehead atoms. The van der Waals surface area contributed by atoms with Gasteiger partial charge in [-0.3, -0.25) is 4.68 Å². The van der Waals surface area contributed by atoms with E-state index in [4.69, 9.17) is 4.74 Å². The Morgan fingerprint density at radius 3 is 2.58 bits per heavy atom. The number of methoxy groups -OCH3 is 1. The van der Waals surface area contributed by atoms with Crippen LogP contribution in [0.15, 0.2) is 43.0 Å². The molecule has 3 aromatic rings. The van der Waals surface area contributed by atoms with Crippen LogP contribution < -0.4 is 10.1 Å². The molecule has 3 aromatic heterocycles. The van der Waals surface area contributed by atoms with E-state index in [9.17, 15) is 0 Å². The van der Waals surface area contributed by atoms with Crippen LogP contribution in [0.2, 0.25) is 0 Å². The Hall–Kier alpha value is -2.89. The van der Waals surface area contributed by atoms with E-state index in [2.05, 4.69) is 59.5 Å². The van der Waals surface area contributed by atoms with Crippen molar-refractivity contribution in [1.82, 2.24) is 19.7 Å². The number of anilines is 1.